The zero-order valence-corrected chi connectivity index (χ0v) is 10.2. The molecular formula is C15H24O. The number of aryl methyl sites for hydroxylation is 1. The van der Waals surface area contributed by atoms with Crippen LogP contribution in [0.15, 0.2) is 30.3 Å². The monoisotopic (exact) mass is 220 g/mol. The molecule has 1 rings (SSSR count). The van der Waals surface area contributed by atoms with E-state index in [1.54, 1.807) is 0 Å². The van der Waals surface area contributed by atoms with E-state index in [2.05, 4.69) is 30.3 Å². The molecule has 0 aliphatic heterocycles. The lowest BCUT2D eigenvalue weighted by Gasteiger charge is -2.02. The molecule has 0 bridgehead atoms. The summed E-state index contributed by atoms with van der Waals surface area (Å²) >= 11 is 0. The van der Waals surface area contributed by atoms with Crippen molar-refractivity contribution in [3.05, 3.63) is 35.9 Å². The van der Waals surface area contributed by atoms with Gasteiger partial charge in [0, 0.05) is 6.61 Å². The van der Waals surface area contributed by atoms with Crippen LogP contribution in [0, 0.1) is 0 Å². The first-order chi connectivity index (χ1) is 7.93. The Bertz CT molecular complexity index is 243. The van der Waals surface area contributed by atoms with Crippen LogP contribution in [-0.2, 0) is 6.42 Å². The first kappa shape index (κ1) is 13.2. The van der Waals surface area contributed by atoms with Gasteiger partial charge in [0.25, 0.3) is 0 Å². The second kappa shape index (κ2) is 9.41. The molecule has 0 aromatic heterocycles. The van der Waals surface area contributed by atoms with Crippen LogP contribution in [0.2, 0.25) is 0 Å². The number of benzene rings is 1. The topological polar surface area (TPSA) is 20.2 Å². The van der Waals surface area contributed by atoms with Crippen molar-refractivity contribution in [1.29, 1.82) is 0 Å². The van der Waals surface area contributed by atoms with Gasteiger partial charge in [0.1, 0.15) is 0 Å². The van der Waals surface area contributed by atoms with Crippen molar-refractivity contribution in [3.63, 3.8) is 0 Å². The summed E-state index contributed by atoms with van der Waals surface area (Å²) in [4.78, 5) is 0. The molecular weight excluding hydrogens is 196 g/mol. The van der Waals surface area contributed by atoms with E-state index in [0.29, 0.717) is 6.61 Å². The smallest absolute Gasteiger partial charge is 0.0431 e. The van der Waals surface area contributed by atoms with Gasteiger partial charge >= 0.3 is 0 Å². The summed E-state index contributed by atoms with van der Waals surface area (Å²) in [6.45, 7) is 0.355. The van der Waals surface area contributed by atoms with E-state index in [4.69, 9.17) is 5.11 Å². The van der Waals surface area contributed by atoms with E-state index in [1.165, 1.54) is 50.5 Å². The van der Waals surface area contributed by atoms with E-state index in [-0.39, 0.29) is 0 Å². The molecule has 0 unspecified atom stereocenters. The molecule has 0 aliphatic carbocycles. The minimum atomic E-state index is 0.355. The van der Waals surface area contributed by atoms with Gasteiger partial charge in [-0.3, -0.25) is 0 Å². The van der Waals surface area contributed by atoms with Crippen LogP contribution in [0.3, 0.4) is 0 Å². The Hall–Kier alpha value is -0.820. The molecule has 0 saturated carbocycles. The first-order valence-corrected chi connectivity index (χ1v) is 6.58. The van der Waals surface area contributed by atoms with Crippen LogP contribution in [0.25, 0.3) is 0 Å². The zero-order chi connectivity index (χ0) is 11.5. The third-order valence-corrected chi connectivity index (χ3v) is 2.97. The summed E-state index contributed by atoms with van der Waals surface area (Å²) in [5.41, 5.74) is 1.46. The van der Waals surface area contributed by atoms with Crippen LogP contribution in [0.4, 0.5) is 0 Å². The fourth-order valence-electron chi connectivity index (χ4n) is 1.97. The van der Waals surface area contributed by atoms with Crippen LogP contribution in [0.1, 0.15) is 50.5 Å². The Morgan fingerprint density at radius 3 is 1.88 bits per heavy atom. The van der Waals surface area contributed by atoms with E-state index in [9.17, 15) is 0 Å². The van der Waals surface area contributed by atoms with Gasteiger partial charge in [0.05, 0.1) is 0 Å². The molecule has 1 aromatic rings. The van der Waals surface area contributed by atoms with Crippen molar-refractivity contribution in [1.82, 2.24) is 0 Å². The van der Waals surface area contributed by atoms with Crippen LogP contribution >= 0.6 is 0 Å². The maximum atomic E-state index is 8.63. The van der Waals surface area contributed by atoms with Crippen LogP contribution in [-0.4, -0.2) is 11.7 Å². The van der Waals surface area contributed by atoms with Gasteiger partial charge in [0.2, 0.25) is 0 Å². The van der Waals surface area contributed by atoms with Crippen molar-refractivity contribution in [2.24, 2.45) is 0 Å². The molecule has 16 heavy (non-hydrogen) atoms. The fraction of sp³-hybridized carbons (Fsp3) is 0.600. The minimum Gasteiger partial charge on any atom is -0.396 e. The van der Waals surface area contributed by atoms with Crippen molar-refractivity contribution >= 4 is 0 Å². The van der Waals surface area contributed by atoms with Gasteiger partial charge in [-0.15, -0.1) is 0 Å². The summed E-state index contributed by atoms with van der Waals surface area (Å²) in [6.07, 6.45) is 9.99. The minimum absolute atomic E-state index is 0.355. The van der Waals surface area contributed by atoms with E-state index in [1.807, 2.05) is 0 Å². The predicted octanol–water partition coefficient (Wildman–Crippen LogP) is 3.95. The molecule has 1 N–H and O–H groups in total. The van der Waals surface area contributed by atoms with Crippen LogP contribution < -0.4 is 0 Å². The van der Waals surface area contributed by atoms with Gasteiger partial charge in [-0.05, 0) is 24.8 Å². The number of aliphatic hydroxyl groups is 1. The molecule has 0 radical (unpaired) electrons. The highest BCUT2D eigenvalue weighted by molar-refractivity contribution is 5.14. The number of hydrogen-bond acceptors (Lipinski definition) is 1. The molecule has 0 aliphatic rings. The maximum absolute atomic E-state index is 8.63. The number of rotatable bonds is 9. The molecule has 1 aromatic carbocycles. The second-order valence-corrected chi connectivity index (χ2v) is 4.43. The lowest BCUT2D eigenvalue weighted by molar-refractivity contribution is 0.282. The standard InChI is InChI=1S/C15H24O/c16-14-10-5-3-1-2-4-7-11-15-12-8-6-9-13-15/h6,8-9,12-13,16H,1-5,7,10-11,14H2. The highest BCUT2D eigenvalue weighted by Crippen LogP contribution is 2.10. The average Bonchev–Trinajstić information content (AvgIpc) is 2.34. The summed E-state index contributed by atoms with van der Waals surface area (Å²) in [7, 11) is 0. The quantitative estimate of drug-likeness (QED) is 0.625. The van der Waals surface area contributed by atoms with Gasteiger partial charge in [-0.1, -0.05) is 62.4 Å². The normalized spacial score (nSPS) is 10.6. The SMILES string of the molecule is OCCCCCCCCCc1ccccc1. The molecule has 0 heterocycles. The second-order valence-electron chi connectivity index (χ2n) is 4.43. The van der Waals surface area contributed by atoms with Gasteiger partial charge in [0.15, 0.2) is 0 Å². The largest absolute Gasteiger partial charge is 0.396 e. The predicted molar refractivity (Wildman–Crippen MR) is 69.6 cm³/mol. The Morgan fingerprint density at radius 2 is 1.25 bits per heavy atom. The summed E-state index contributed by atoms with van der Waals surface area (Å²) in [6, 6.07) is 10.7. The fourth-order valence-corrected chi connectivity index (χ4v) is 1.97. The van der Waals surface area contributed by atoms with Gasteiger partial charge in [-0.2, -0.15) is 0 Å². The Kier molecular flexibility index (Phi) is 7.79. The molecule has 1 nitrogen and oxygen atoms in total. The maximum Gasteiger partial charge on any atom is 0.0431 e. The highest BCUT2D eigenvalue weighted by atomic mass is 16.2. The molecule has 90 valence electrons. The average molecular weight is 220 g/mol. The molecule has 0 spiro atoms. The van der Waals surface area contributed by atoms with E-state index in [0.717, 1.165) is 6.42 Å². The third-order valence-electron chi connectivity index (χ3n) is 2.97. The van der Waals surface area contributed by atoms with Crippen LogP contribution in [0.5, 0.6) is 0 Å². The van der Waals surface area contributed by atoms with Gasteiger partial charge < -0.3 is 5.11 Å². The molecule has 0 saturated heterocycles. The van der Waals surface area contributed by atoms with E-state index < -0.39 is 0 Å². The highest BCUT2D eigenvalue weighted by Gasteiger charge is 1.93. The first-order valence-electron chi connectivity index (χ1n) is 6.58. The lowest BCUT2D eigenvalue weighted by atomic mass is 10.0. The zero-order valence-electron chi connectivity index (χ0n) is 10.2. The van der Waals surface area contributed by atoms with E-state index >= 15 is 0 Å². The van der Waals surface area contributed by atoms with Crippen molar-refractivity contribution in [3.8, 4) is 0 Å². The summed E-state index contributed by atoms with van der Waals surface area (Å²) in [5, 5.41) is 8.63. The molecule has 0 fully saturated rings. The number of hydrogen-bond donors (Lipinski definition) is 1. The summed E-state index contributed by atoms with van der Waals surface area (Å²) < 4.78 is 0. The van der Waals surface area contributed by atoms with Gasteiger partial charge in [-0.25, -0.2) is 0 Å². The Labute approximate surface area is 99.5 Å². The number of unbranched alkanes of at least 4 members (excludes halogenated alkanes) is 6. The van der Waals surface area contributed by atoms with Crippen molar-refractivity contribution < 1.29 is 5.11 Å². The molecule has 0 amide bonds. The number of aliphatic hydroxyl groups excluding tert-OH is 1. The molecule has 1 heteroatoms. The Morgan fingerprint density at radius 1 is 0.688 bits per heavy atom. The summed E-state index contributed by atoms with van der Waals surface area (Å²) in [5.74, 6) is 0. The Balaban J connectivity index is 1.89. The lowest BCUT2D eigenvalue weighted by Crippen LogP contribution is -1.86. The third kappa shape index (κ3) is 6.62. The van der Waals surface area contributed by atoms with Crippen molar-refractivity contribution in [2.45, 2.75) is 51.4 Å². The van der Waals surface area contributed by atoms with Crippen molar-refractivity contribution in [2.75, 3.05) is 6.61 Å². The molecule has 0 atom stereocenters.